The molecule has 1 aromatic heterocycles. The van der Waals surface area contributed by atoms with E-state index < -0.39 is 24.2 Å². The van der Waals surface area contributed by atoms with Crippen LogP contribution in [0.15, 0.2) is 34.8 Å². The monoisotopic (exact) mass is 458 g/mol. The Kier molecular flexibility index (Phi) is 5.09. The van der Waals surface area contributed by atoms with Gasteiger partial charge >= 0.3 is 6.18 Å². The van der Waals surface area contributed by atoms with E-state index in [9.17, 15) is 18.0 Å². The van der Waals surface area contributed by atoms with E-state index in [2.05, 4.69) is 26.3 Å². The van der Waals surface area contributed by atoms with E-state index in [1.54, 1.807) is 29.2 Å². The lowest BCUT2D eigenvalue weighted by Crippen LogP contribution is -2.41. The summed E-state index contributed by atoms with van der Waals surface area (Å²) in [4.78, 5) is 14.3. The maximum atomic E-state index is 13.8. The molecule has 28 heavy (non-hydrogen) atoms. The number of rotatable bonds is 2. The summed E-state index contributed by atoms with van der Waals surface area (Å²) in [6.45, 7) is 1.57. The van der Waals surface area contributed by atoms with Crippen molar-refractivity contribution in [2.75, 3.05) is 31.6 Å². The van der Waals surface area contributed by atoms with E-state index in [0.29, 0.717) is 26.3 Å². The molecule has 2 aromatic rings. The van der Waals surface area contributed by atoms with Gasteiger partial charge in [0.1, 0.15) is 5.82 Å². The number of hydrogen-bond donors (Lipinski definition) is 1. The minimum Gasteiger partial charge on any atom is -0.378 e. The second kappa shape index (κ2) is 7.40. The van der Waals surface area contributed by atoms with Crippen LogP contribution < -0.4 is 5.32 Å². The van der Waals surface area contributed by atoms with Crippen molar-refractivity contribution in [2.24, 2.45) is 0 Å². The van der Waals surface area contributed by atoms with Crippen LogP contribution in [0.4, 0.5) is 19.0 Å². The van der Waals surface area contributed by atoms with Crippen molar-refractivity contribution < 1.29 is 22.7 Å². The van der Waals surface area contributed by atoms with Gasteiger partial charge in [0.2, 0.25) is 0 Å². The Morgan fingerprint density at radius 2 is 1.89 bits per heavy atom. The number of nitrogens with one attached hydrogen (secondary N) is 1. The van der Waals surface area contributed by atoms with Crippen molar-refractivity contribution in [3.05, 3.63) is 46.1 Å². The zero-order valence-electron chi connectivity index (χ0n) is 14.7. The molecule has 0 radical (unpaired) electrons. The minimum absolute atomic E-state index is 0.0210. The molecule has 1 fully saturated rings. The Labute approximate surface area is 167 Å². The van der Waals surface area contributed by atoms with Gasteiger partial charge in [-0.05, 0) is 21.5 Å². The summed E-state index contributed by atoms with van der Waals surface area (Å²) in [6.07, 6.45) is -4.70. The standard InChI is InChI=1S/C18H18BrF3N4O2/c19-14-15(17(27)25-6-8-28-9-7-25)24-26-13(18(20,21)22)10-12(23-16(14)26)11-4-2-1-3-5-11/h1-5,12-13,23H,6-10H2/t12-,13+/m1/s1. The maximum absolute atomic E-state index is 13.8. The topological polar surface area (TPSA) is 59.4 Å². The number of alkyl halides is 3. The van der Waals surface area contributed by atoms with E-state index in [-0.39, 0.29) is 22.4 Å². The number of aromatic nitrogens is 2. The molecular formula is C18H18BrF3N4O2. The van der Waals surface area contributed by atoms with Gasteiger partial charge < -0.3 is 15.0 Å². The van der Waals surface area contributed by atoms with E-state index in [4.69, 9.17) is 4.74 Å². The first-order valence-electron chi connectivity index (χ1n) is 8.89. The van der Waals surface area contributed by atoms with Crippen molar-refractivity contribution >= 4 is 27.7 Å². The first kappa shape index (κ1) is 19.3. The third-order valence-electron chi connectivity index (χ3n) is 5.00. The van der Waals surface area contributed by atoms with Gasteiger partial charge in [0.15, 0.2) is 11.7 Å². The van der Waals surface area contributed by atoms with Gasteiger partial charge in [-0.25, -0.2) is 4.68 Å². The van der Waals surface area contributed by atoms with Gasteiger partial charge in [0, 0.05) is 19.5 Å². The van der Waals surface area contributed by atoms with Gasteiger partial charge in [-0.3, -0.25) is 4.79 Å². The first-order chi connectivity index (χ1) is 13.4. The van der Waals surface area contributed by atoms with Crippen molar-refractivity contribution in [2.45, 2.75) is 24.7 Å². The molecule has 0 unspecified atom stereocenters. The molecule has 0 saturated carbocycles. The summed E-state index contributed by atoms with van der Waals surface area (Å²) in [5.41, 5.74) is 0.726. The number of nitrogens with zero attached hydrogens (tertiary/aromatic N) is 3. The number of fused-ring (bicyclic) bond motifs is 1. The molecule has 10 heteroatoms. The highest BCUT2D eigenvalue weighted by Crippen LogP contribution is 2.46. The summed E-state index contributed by atoms with van der Waals surface area (Å²) < 4.78 is 47.7. The molecule has 0 bridgehead atoms. The van der Waals surface area contributed by atoms with E-state index in [1.165, 1.54) is 0 Å². The van der Waals surface area contributed by atoms with Crippen LogP contribution >= 0.6 is 15.9 Å². The Morgan fingerprint density at radius 3 is 2.54 bits per heavy atom. The highest BCUT2D eigenvalue weighted by molar-refractivity contribution is 9.10. The third kappa shape index (κ3) is 3.50. The smallest absolute Gasteiger partial charge is 0.378 e. The number of hydrogen-bond acceptors (Lipinski definition) is 4. The molecule has 0 aliphatic carbocycles. The number of carbonyl (C=O) groups excluding carboxylic acids is 1. The highest BCUT2D eigenvalue weighted by Gasteiger charge is 2.48. The first-order valence-corrected chi connectivity index (χ1v) is 9.69. The normalized spacial score (nSPS) is 22.5. The second-order valence-corrected chi connectivity index (χ2v) is 7.55. The number of anilines is 1. The summed E-state index contributed by atoms with van der Waals surface area (Å²) >= 11 is 3.31. The number of halogens is 4. The van der Waals surface area contributed by atoms with Gasteiger partial charge in [-0.1, -0.05) is 30.3 Å². The van der Waals surface area contributed by atoms with Crippen molar-refractivity contribution in [1.29, 1.82) is 0 Å². The zero-order chi connectivity index (χ0) is 19.9. The molecule has 4 rings (SSSR count). The van der Waals surface area contributed by atoms with Gasteiger partial charge in [0.05, 0.1) is 23.7 Å². The van der Waals surface area contributed by atoms with E-state index >= 15 is 0 Å². The summed E-state index contributed by atoms with van der Waals surface area (Å²) in [6, 6.07) is 6.58. The molecule has 150 valence electrons. The second-order valence-electron chi connectivity index (χ2n) is 6.76. The molecule has 1 saturated heterocycles. The number of benzene rings is 1. The lowest BCUT2D eigenvalue weighted by molar-refractivity contribution is -0.173. The average Bonchev–Trinajstić information content (AvgIpc) is 3.04. The Hall–Kier alpha value is -2.07. The van der Waals surface area contributed by atoms with Crippen molar-refractivity contribution in [1.82, 2.24) is 14.7 Å². The number of amides is 1. The fourth-order valence-electron chi connectivity index (χ4n) is 3.55. The van der Waals surface area contributed by atoms with Gasteiger partial charge in [-0.15, -0.1) is 0 Å². The van der Waals surface area contributed by atoms with Crippen LogP contribution in [0.1, 0.15) is 34.6 Å². The Morgan fingerprint density at radius 1 is 1.21 bits per heavy atom. The van der Waals surface area contributed by atoms with Crippen molar-refractivity contribution in [3.63, 3.8) is 0 Å². The molecule has 0 spiro atoms. The van der Waals surface area contributed by atoms with E-state index in [0.717, 1.165) is 10.2 Å². The minimum atomic E-state index is -4.49. The van der Waals surface area contributed by atoms with Crippen molar-refractivity contribution in [3.8, 4) is 0 Å². The van der Waals surface area contributed by atoms with Crippen LogP contribution in [-0.2, 0) is 4.74 Å². The fraction of sp³-hybridized carbons (Fsp3) is 0.444. The molecule has 1 N–H and O–H groups in total. The molecule has 1 amide bonds. The zero-order valence-corrected chi connectivity index (χ0v) is 16.3. The molecule has 2 atom stereocenters. The summed E-state index contributed by atoms with van der Waals surface area (Å²) in [5, 5.41) is 7.18. The predicted molar refractivity (Wildman–Crippen MR) is 99.2 cm³/mol. The molecule has 6 nitrogen and oxygen atoms in total. The molecule has 2 aliphatic rings. The van der Waals surface area contributed by atoms with Gasteiger partial charge in [0.25, 0.3) is 5.91 Å². The summed E-state index contributed by atoms with van der Waals surface area (Å²) in [5.74, 6) is -0.241. The summed E-state index contributed by atoms with van der Waals surface area (Å²) in [7, 11) is 0. The SMILES string of the molecule is O=C(c1nn2c(c1Br)N[C@@H](c1ccccc1)C[C@H]2C(F)(F)F)N1CCOCC1. The van der Waals surface area contributed by atoms with Gasteiger partial charge in [-0.2, -0.15) is 18.3 Å². The number of ether oxygens (including phenoxy) is 1. The maximum Gasteiger partial charge on any atom is 0.410 e. The van der Waals surface area contributed by atoms with Crippen LogP contribution in [0.2, 0.25) is 0 Å². The van der Waals surface area contributed by atoms with Crippen LogP contribution in [0.5, 0.6) is 0 Å². The number of carbonyl (C=O) groups is 1. The quantitative estimate of drug-likeness (QED) is 0.743. The Balaban J connectivity index is 1.72. The highest BCUT2D eigenvalue weighted by atomic mass is 79.9. The predicted octanol–water partition coefficient (Wildman–Crippen LogP) is 3.78. The lowest BCUT2D eigenvalue weighted by Gasteiger charge is -2.33. The van der Waals surface area contributed by atoms with Crippen LogP contribution in [-0.4, -0.2) is 53.1 Å². The van der Waals surface area contributed by atoms with Crippen LogP contribution in [0, 0.1) is 0 Å². The number of morpholine rings is 1. The van der Waals surface area contributed by atoms with E-state index in [1.807, 2.05) is 6.07 Å². The Bertz CT molecular complexity index is 866. The third-order valence-corrected chi connectivity index (χ3v) is 5.75. The van der Waals surface area contributed by atoms with Crippen LogP contribution in [0.3, 0.4) is 0 Å². The largest absolute Gasteiger partial charge is 0.410 e. The fourth-order valence-corrected chi connectivity index (χ4v) is 4.09. The molecule has 1 aromatic carbocycles. The molecule has 3 heterocycles. The lowest BCUT2D eigenvalue weighted by atomic mass is 9.97. The average molecular weight is 459 g/mol. The molecule has 2 aliphatic heterocycles. The van der Waals surface area contributed by atoms with Crippen LogP contribution in [0.25, 0.3) is 0 Å². The molecular weight excluding hydrogens is 441 g/mol.